The molecule has 0 atom stereocenters. The Balaban J connectivity index is 1.84. The van der Waals surface area contributed by atoms with Gasteiger partial charge in [-0.3, -0.25) is 4.79 Å². The van der Waals surface area contributed by atoms with Crippen molar-refractivity contribution in [2.45, 2.75) is 32.0 Å². The molecule has 1 aromatic heterocycles. The summed E-state index contributed by atoms with van der Waals surface area (Å²) in [5, 5.41) is 9.65. The number of hydrogen-bond acceptors (Lipinski definition) is 4. The van der Waals surface area contributed by atoms with Gasteiger partial charge >= 0.3 is 6.18 Å². The number of carbonyl (C=O) groups excluding carboxylic acids is 1. The van der Waals surface area contributed by atoms with E-state index in [4.69, 9.17) is 0 Å². The lowest BCUT2D eigenvalue weighted by molar-refractivity contribution is -0.157. The Hall–Kier alpha value is -1.97. The number of nitrogens with zero attached hydrogens (tertiary/aromatic N) is 3. The SMILES string of the molecule is CCNC(=NCC(=O)N(C)CC(F)(F)F)NC1CCN(c2cccs2)CC1. The number of anilines is 1. The Kier molecular flexibility index (Phi) is 7.76. The van der Waals surface area contributed by atoms with E-state index in [-0.39, 0.29) is 12.6 Å². The zero-order chi connectivity index (χ0) is 19.9. The zero-order valence-corrected chi connectivity index (χ0v) is 16.4. The van der Waals surface area contributed by atoms with Crippen molar-refractivity contribution in [3.8, 4) is 0 Å². The molecule has 152 valence electrons. The Bertz CT molecular complexity index is 613. The molecule has 10 heteroatoms. The highest BCUT2D eigenvalue weighted by Gasteiger charge is 2.31. The first-order chi connectivity index (χ1) is 12.8. The summed E-state index contributed by atoms with van der Waals surface area (Å²) in [5.41, 5.74) is 0. The summed E-state index contributed by atoms with van der Waals surface area (Å²) in [6.45, 7) is 2.75. The van der Waals surface area contributed by atoms with Crippen molar-refractivity contribution in [1.29, 1.82) is 0 Å². The van der Waals surface area contributed by atoms with Crippen LogP contribution >= 0.6 is 11.3 Å². The largest absolute Gasteiger partial charge is 0.406 e. The molecule has 0 aliphatic carbocycles. The number of amides is 1. The summed E-state index contributed by atoms with van der Waals surface area (Å²) in [7, 11) is 1.13. The van der Waals surface area contributed by atoms with Crippen LogP contribution in [0.1, 0.15) is 19.8 Å². The predicted molar refractivity (Wildman–Crippen MR) is 102 cm³/mol. The molecule has 0 saturated carbocycles. The fraction of sp³-hybridized carbons (Fsp3) is 0.647. The number of likely N-dealkylation sites (N-methyl/N-ethyl adjacent to an activating group) is 1. The summed E-state index contributed by atoms with van der Waals surface area (Å²) in [4.78, 5) is 19.0. The lowest BCUT2D eigenvalue weighted by Crippen LogP contribution is -2.49. The second kappa shape index (κ2) is 9.82. The number of nitrogens with one attached hydrogen (secondary N) is 2. The first-order valence-electron chi connectivity index (χ1n) is 8.92. The molecule has 2 rings (SSSR count). The molecule has 0 bridgehead atoms. The molecular formula is C17H26F3N5OS. The topological polar surface area (TPSA) is 60.0 Å². The van der Waals surface area contributed by atoms with E-state index in [0.29, 0.717) is 17.4 Å². The van der Waals surface area contributed by atoms with E-state index in [2.05, 4.69) is 32.0 Å². The molecule has 1 amide bonds. The van der Waals surface area contributed by atoms with Crippen molar-refractivity contribution in [3.63, 3.8) is 0 Å². The smallest absolute Gasteiger partial charge is 0.363 e. The number of rotatable bonds is 6. The minimum Gasteiger partial charge on any atom is -0.363 e. The van der Waals surface area contributed by atoms with E-state index in [1.165, 1.54) is 5.00 Å². The van der Waals surface area contributed by atoms with Crippen molar-refractivity contribution in [2.24, 2.45) is 4.99 Å². The highest BCUT2D eigenvalue weighted by atomic mass is 32.1. The second-order valence-corrected chi connectivity index (χ2v) is 7.34. The Morgan fingerprint density at radius 1 is 1.41 bits per heavy atom. The minimum absolute atomic E-state index is 0.210. The molecule has 0 unspecified atom stereocenters. The Morgan fingerprint density at radius 2 is 2.11 bits per heavy atom. The summed E-state index contributed by atoms with van der Waals surface area (Å²) >= 11 is 1.72. The van der Waals surface area contributed by atoms with Crippen LogP contribution < -0.4 is 15.5 Å². The van der Waals surface area contributed by atoms with Gasteiger partial charge in [0.1, 0.15) is 13.1 Å². The first kappa shape index (κ1) is 21.3. The summed E-state index contributed by atoms with van der Waals surface area (Å²) in [6, 6.07) is 4.35. The maximum atomic E-state index is 12.4. The van der Waals surface area contributed by atoms with Crippen molar-refractivity contribution < 1.29 is 18.0 Å². The zero-order valence-electron chi connectivity index (χ0n) is 15.6. The number of carbonyl (C=O) groups is 1. The van der Waals surface area contributed by atoms with Gasteiger partial charge in [0.05, 0.1) is 5.00 Å². The number of hydrogen-bond donors (Lipinski definition) is 2. The molecule has 0 spiro atoms. The Morgan fingerprint density at radius 3 is 2.67 bits per heavy atom. The van der Waals surface area contributed by atoms with Crippen LogP contribution in [0.15, 0.2) is 22.5 Å². The molecule has 2 N–H and O–H groups in total. The van der Waals surface area contributed by atoms with Crippen LogP contribution in [0.4, 0.5) is 18.2 Å². The number of piperidine rings is 1. The van der Waals surface area contributed by atoms with Gasteiger partial charge in [-0.25, -0.2) is 4.99 Å². The maximum absolute atomic E-state index is 12.4. The summed E-state index contributed by atoms with van der Waals surface area (Å²) < 4.78 is 37.1. The number of guanidine groups is 1. The average molecular weight is 405 g/mol. The van der Waals surface area contributed by atoms with Gasteiger partial charge in [-0.05, 0) is 37.3 Å². The third-order valence-corrected chi connectivity index (χ3v) is 5.14. The van der Waals surface area contributed by atoms with Gasteiger partial charge in [-0.15, -0.1) is 11.3 Å². The van der Waals surface area contributed by atoms with Crippen molar-refractivity contribution in [3.05, 3.63) is 17.5 Å². The van der Waals surface area contributed by atoms with Gasteiger partial charge in [-0.2, -0.15) is 13.2 Å². The molecule has 1 aromatic rings. The fourth-order valence-corrected chi connectivity index (χ4v) is 3.62. The lowest BCUT2D eigenvalue weighted by Gasteiger charge is -2.33. The molecule has 0 radical (unpaired) electrons. The number of aliphatic imine (C=N–C) groups is 1. The molecule has 1 fully saturated rings. The van der Waals surface area contributed by atoms with Gasteiger partial charge in [0.15, 0.2) is 5.96 Å². The van der Waals surface area contributed by atoms with Crippen LogP contribution in [0.3, 0.4) is 0 Å². The molecule has 2 heterocycles. The molecule has 1 aliphatic heterocycles. The van der Waals surface area contributed by atoms with E-state index in [9.17, 15) is 18.0 Å². The van der Waals surface area contributed by atoms with Crippen LogP contribution in [0.2, 0.25) is 0 Å². The maximum Gasteiger partial charge on any atom is 0.406 e. The van der Waals surface area contributed by atoms with Crippen LogP contribution in [0, 0.1) is 0 Å². The summed E-state index contributed by atoms with van der Waals surface area (Å²) in [5.74, 6) is -0.210. The average Bonchev–Trinajstić information content (AvgIpc) is 3.13. The normalized spacial score (nSPS) is 16.3. The highest BCUT2D eigenvalue weighted by Crippen LogP contribution is 2.24. The molecule has 6 nitrogen and oxygen atoms in total. The van der Waals surface area contributed by atoms with E-state index < -0.39 is 18.6 Å². The number of alkyl halides is 3. The van der Waals surface area contributed by atoms with Crippen molar-refractivity contribution in [2.75, 3.05) is 44.7 Å². The minimum atomic E-state index is -4.41. The molecule has 0 aromatic carbocycles. The van der Waals surface area contributed by atoms with Gasteiger partial charge in [-0.1, -0.05) is 0 Å². The first-order valence-corrected chi connectivity index (χ1v) is 9.80. The van der Waals surface area contributed by atoms with Crippen molar-refractivity contribution in [1.82, 2.24) is 15.5 Å². The molecular weight excluding hydrogens is 379 g/mol. The van der Waals surface area contributed by atoms with E-state index in [1.807, 2.05) is 13.0 Å². The monoisotopic (exact) mass is 405 g/mol. The van der Waals surface area contributed by atoms with Gasteiger partial charge in [0.25, 0.3) is 0 Å². The standard InChI is InChI=1S/C17H26F3N5OS/c1-3-21-16(22-11-14(26)24(2)12-17(18,19)20)23-13-6-8-25(9-7-13)15-5-4-10-27-15/h4-5,10,13H,3,6-9,11-12H2,1-2H3,(H2,21,22,23). The molecule has 1 aliphatic rings. The second-order valence-electron chi connectivity index (χ2n) is 6.42. The number of thiophene rings is 1. The van der Waals surface area contributed by atoms with Gasteiger partial charge in [0, 0.05) is 32.7 Å². The quantitative estimate of drug-likeness (QED) is 0.563. The van der Waals surface area contributed by atoms with Crippen LogP contribution in [-0.2, 0) is 4.79 Å². The summed E-state index contributed by atoms with van der Waals surface area (Å²) in [6.07, 6.45) is -2.57. The lowest BCUT2D eigenvalue weighted by atomic mass is 10.1. The molecule has 1 saturated heterocycles. The van der Waals surface area contributed by atoms with Crippen LogP contribution in [0.25, 0.3) is 0 Å². The van der Waals surface area contributed by atoms with E-state index >= 15 is 0 Å². The van der Waals surface area contributed by atoms with Crippen molar-refractivity contribution >= 4 is 28.2 Å². The van der Waals surface area contributed by atoms with Crippen LogP contribution in [0.5, 0.6) is 0 Å². The predicted octanol–water partition coefficient (Wildman–Crippen LogP) is 2.29. The van der Waals surface area contributed by atoms with Gasteiger partial charge < -0.3 is 20.4 Å². The third kappa shape index (κ3) is 7.28. The molecule has 27 heavy (non-hydrogen) atoms. The van der Waals surface area contributed by atoms with E-state index in [1.54, 1.807) is 11.3 Å². The number of halogens is 3. The third-order valence-electron chi connectivity index (χ3n) is 4.21. The van der Waals surface area contributed by atoms with Crippen LogP contribution in [-0.4, -0.2) is 68.8 Å². The fourth-order valence-electron chi connectivity index (χ4n) is 2.83. The van der Waals surface area contributed by atoms with E-state index in [0.717, 1.165) is 33.0 Å². The highest BCUT2D eigenvalue weighted by molar-refractivity contribution is 7.14. The Labute approximate surface area is 161 Å². The van der Waals surface area contributed by atoms with Gasteiger partial charge in [0.2, 0.25) is 5.91 Å².